The molecule has 0 spiro atoms. The Morgan fingerprint density at radius 1 is 1.00 bits per heavy atom. The normalized spacial score (nSPS) is 13.8. The number of benzene rings is 2. The number of aromatic nitrogens is 1. The van der Waals surface area contributed by atoms with E-state index in [-0.39, 0.29) is 18.0 Å². The molecule has 3 aromatic rings. The van der Waals surface area contributed by atoms with Gasteiger partial charge >= 0.3 is 0 Å². The number of H-pyrrole nitrogens is 1. The smallest absolute Gasteiger partial charge is 0.253 e. The molecule has 40 heavy (non-hydrogen) atoms. The molecule has 214 valence electrons. The zero-order valence-electron chi connectivity index (χ0n) is 24.5. The number of hydrogen-bond acceptors (Lipinski definition) is 5. The lowest BCUT2D eigenvalue weighted by atomic mass is 9.91. The lowest BCUT2D eigenvalue weighted by Gasteiger charge is -2.37. The van der Waals surface area contributed by atoms with Gasteiger partial charge in [0, 0.05) is 61.3 Å². The largest absolute Gasteiger partial charge is 0.369 e. The molecular formula is C33H45N5O2. The Bertz CT molecular complexity index is 1360. The number of rotatable bonds is 11. The van der Waals surface area contributed by atoms with E-state index in [1.165, 1.54) is 37.7 Å². The number of nitrogens with one attached hydrogen (secondary N) is 3. The molecule has 0 bridgehead atoms. The fourth-order valence-electron chi connectivity index (χ4n) is 5.93. The number of nitrogens with two attached hydrogens (primary N) is 1. The van der Waals surface area contributed by atoms with E-state index in [4.69, 9.17) is 5.73 Å². The molecular weight excluding hydrogens is 498 g/mol. The molecule has 4 rings (SSSR count). The molecule has 0 radical (unpaired) electrons. The van der Waals surface area contributed by atoms with Crippen LogP contribution in [0.4, 0.5) is 5.69 Å². The summed E-state index contributed by atoms with van der Waals surface area (Å²) >= 11 is 0. The second kappa shape index (κ2) is 13.8. The van der Waals surface area contributed by atoms with E-state index in [9.17, 15) is 9.59 Å². The van der Waals surface area contributed by atoms with Gasteiger partial charge in [-0.05, 0) is 86.6 Å². The van der Waals surface area contributed by atoms with Crippen molar-refractivity contribution in [1.29, 1.82) is 0 Å². The summed E-state index contributed by atoms with van der Waals surface area (Å²) in [7, 11) is 0. The Hall–Kier alpha value is -3.42. The van der Waals surface area contributed by atoms with Gasteiger partial charge in [0.1, 0.15) is 0 Å². The molecule has 1 amide bonds. The Labute approximate surface area is 238 Å². The Kier molecular flexibility index (Phi) is 10.2. The number of nitrogens with zero attached hydrogens (tertiary/aromatic N) is 1. The van der Waals surface area contributed by atoms with Gasteiger partial charge in [-0.15, -0.1) is 0 Å². The molecule has 5 N–H and O–H groups in total. The van der Waals surface area contributed by atoms with Crippen molar-refractivity contribution in [3.05, 3.63) is 86.3 Å². The highest BCUT2D eigenvalue weighted by molar-refractivity contribution is 5.99. The van der Waals surface area contributed by atoms with Crippen molar-refractivity contribution < 1.29 is 4.79 Å². The number of anilines is 1. The molecule has 0 saturated heterocycles. The van der Waals surface area contributed by atoms with Crippen molar-refractivity contribution in [2.24, 2.45) is 5.73 Å². The fraction of sp³-hybridized carbons (Fsp3) is 0.455. The van der Waals surface area contributed by atoms with E-state index >= 15 is 0 Å². The summed E-state index contributed by atoms with van der Waals surface area (Å²) < 4.78 is 0. The van der Waals surface area contributed by atoms with Gasteiger partial charge in [-0.1, -0.05) is 43.5 Å². The van der Waals surface area contributed by atoms with Gasteiger partial charge in [0.25, 0.3) is 11.5 Å². The van der Waals surface area contributed by atoms with Crippen molar-refractivity contribution in [2.75, 3.05) is 24.5 Å². The molecule has 0 aliphatic heterocycles. The van der Waals surface area contributed by atoms with Gasteiger partial charge in [-0.2, -0.15) is 0 Å². The summed E-state index contributed by atoms with van der Waals surface area (Å²) in [6.45, 7) is 11.3. The van der Waals surface area contributed by atoms with Crippen LogP contribution < -0.4 is 26.8 Å². The van der Waals surface area contributed by atoms with Crippen LogP contribution in [0.2, 0.25) is 0 Å². The third-order valence-electron chi connectivity index (χ3n) is 8.15. The van der Waals surface area contributed by atoms with Crippen LogP contribution in [0, 0.1) is 20.8 Å². The van der Waals surface area contributed by atoms with Crippen molar-refractivity contribution in [3.8, 4) is 11.1 Å². The first kappa shape index (κ1) is 29.6. The van der Waals surface area contributed by atoms with Crippen LogP contribution in [-0.4, -0.2) is 36.6 Å². The van der Waals surface area contributed by atoms with E-state index in [1.807, 2.05) is 26.0 Å². The fourth-order valence-corrected chi connectivity index (χ4v) is 5.93. The van der Waals surface area contributed by atoms with Crippen LogP contribution in [0.25, 0.3) is 11.1 Å². The molecule has 0 unspecified atom stereocenters. The van der Waals surface area contributed by atoms with Gasteiger partial charge in [-0.3, -0.25) is 9.59 Å². The lowest BCUT2D eigenvalue weighted by Crippen LogP contribution is -2.37. The van der Waals surface area contributed by atoms with Crippen molar-refractivity contribution >= 4 is 11.6 Å². The zero-order chi connectivity index (χ0) is 28.6. The molecule has 1 saturated carbocycles. The molecule has 1 aromatic heterocycles. The van der Waals surface area contributed by atoms with Gasteiger partial charge in [0.2, 0.25) is 0 Å². The summed E-state index contributed by atoms with van der Waals surface area (Å²) in [5.74, 6) is -0.165. The highest BCUT2D eigenvalue weighted by Gasteiger charge is 2.24. The van der Waals surface area contributed by atoms with Crippen LogP contribution in [0.1, 0.15) is 77.3 Å². The van der Waals surface area contributed by atoms with Crippen LogP contribution in [-0.2, 0) is 13.1 Å². The zero-order valence-corrected chi connectivity index (χ0v) is 24.5. The van der Waals surface area contributed by atoms with E-state index in [1.54, 1.807) is 0 Å². The van der Waals surface area contributed by atoms with Crippen LogP contribution in [0.15, 0.2) is 47.3 Å². The lowest BCUT2D eigenvalue weighted by molar-refractivity contribution is 0.0950. The third kappa shape index (κ3) is 7.01. The van der Waals surface area contributed by atoms with Crippen LogP contribution in [0.5, 0.6) is 0 Å². The minimum Gasteiger partial charge on any atom is -0.369 e. The second-order valence-electron chi connectivity index (χ2n) is 11.0. The molecule has 1 fully saturated rings. The topological polar surface area (TPSA) is 103 Å². The number of hydrogen-bond donors (Lipinski definition) is 4. The first-order valence-electron chi connectivity index (χ1n) is 14.7. The number of amides is 1. The SMILES string of the molecule is CCN(c1cc(-c2ccc(CNCCN)cc2)cc(C(=O)NCc2c(C)cc(C)[nH]c2=O)c1C)C1CCCCC1. The Morgan fingerprint density at radius 3 is 2.38 bits per heavy atom. The highest BCUT2D eigenvalue weighted by atomic mass is 16.1. The number of aryl methyl sites for hydroxylation is 2. The average Bonchev–Trinajstić information content (AvgIpc) is 2.95. The molecule has 2 aromatic carbocycles. The summed E-state index contributed by atoms with van der Waals surface area (Å²) in [6, 6.07) is 15.2. The molecule has 7 heteroatoms. The van der Waals surface area contributed by atoms with E-state index in [2.05, 4.69) is 64.7 Å². The first-order valence-corrected chi connectivity index (χ1v) is 14.7. The number of carbonyl (C=O) groups excluding carboxylic acids is 1. The van der Waals surface area contributed by atoms with E-state index < -0.39 is 0 Å². The molecule has 7 nitrogen and oxygen atoms in total. The first-order chi connectivity index (χ1) is 19.3. The average molecular weight is 544 g/mol. The Morgan fingerprint density at radius 2 is 1.73 bits per heavy atom. The van der Waals surface area contributed by atoms with Crippen molar-refractivity contribution in [1.82, 2.24) is 15.6 Å². The van der Waals surface area contributed by atoms with Gasteiger partial charge in [0.15, 0.2) is 0 Å². The minimum atomic E-state index is -0.165. The van der Waals surface area contributed by atoms with E-state index in [0.717, 1.165) is 53.3 Å². The van der Waals surface area contributed by atoms with Crippen LogP contribution in [0.3, 0.4) is 0 Å². The maximum absolute atomic E-state index is 13.7. The molecule has 0 atom stereocenters. The van der Waals surface area contributed by atoms with E-state index in [0.29, 0.717) is 23.7 Å². The highest BCUT2D eigenvalue weighted by Crippen LogP contribution is 2.35. The summed E-state index contributed by atoms with van der Waals surface area (Å²) in [5.41, 5.74) is 13.8. The van der Waals surface area contributed by atoms with Gasteiger partial charge < -0.3 is 26.3 Å². The summed E-state index contributed by atoms with van der Waals surface area (Å²) in [4.78, 5) is 31.6. The van der Waals surface area contributed by atoms with Gasteiger partial charge in [0.05, 0.1) is 0 Å². The van der Waals surface area contributed by atoms with Crippen molar-refractivity contribution in [3.63, 3.8) is 0 Å². The molecule has 1 heterocycles. The third-order valence-corrected chi connectivity index (χ3v) is 8.15. The quantitative estimate of drug-likeness (QED) is 0.252. The molecule has 1 aliphatic carbocycles. The van der Waals surface area contributed by atoms with Gasteiger partial charge in [-0.25, -0.2) is 0 Å². The second-order valence-corrected chi connectivity index (χ2v) is 11.0. The number of aromatic amines is 1. The number of pyridine rings is 1. The van der Waals surface area contributed by atoms with Crippen molar-refractivity contribution in [2.45, 2.75) is 78.9 Å². The monoisotopic (exact) mass is 543 g/mol. The number of carbonyl (C=O) groups is 1. The molecule has 1 aliphatic rings. The summed E-state index contributed by atoms with van der Waals surface area (Å²) in [6.07, 6.45) is 6.15. The standard InChI is InChI=1S/C33H45N5O2/c1-5-38(28-9-7-6-8-10-28)31-19-27(26-13-11-25(12-14-26)20-35-16-15-34)18-29(24(31)4)32(39)36-21-30-22(2)17-23(3)37-33(30)40/h11-14,17-19,28,35H,5-10,15-16,20-21,34H2,1-4H3,(H,36,39)(H,37,40). The predicted octanol–water partition coefficient (Wildman–Crippen LogP) is 5.10. The maximum atomic E-state index is 13.7. The summed E-state index contributed by atoms with van der Waals surface area (Å²) in [5, 5.41) is 6.38. The predicted molar refractivity (Wildman–Crippen MR) is 165 cm³/mol. The van der Waals surface area contributed by atoms with Crippen LogP contribution >= 0.6 is 0 Å². The minimum absolute atomic E-state index is 0.153. The maximum Gasteiger partial charge on any atom is 0.253 e. The Balaban J connectivity index is 1.69.